The maximum absolute atomic E-state index is 11.9. The molecule has 0 aromatic carbocycles. The molecule has 5 heteroatoms. The zero-order valence-corrected chi connectivity index (χ0v) is 9.40. The molecule has 1 aromatic rings. The standard InChI is InChI=1S/C11H14N4O/c1-7-5-10(15(2)14-7)11(16)13-9(6-12)8-3-4-8/h5,8-9H,3-4H2,1-2H3,(H,13,16). The van der Waals surface area contributed by atoms with E-state index in [1.54, 1.807) is 13.1 Å². The average molecular weight is 218 g/mol. The monoisotopic (exact) mass is 218 g/mol. The van der Waals surface area contributed by atoms with Crippen molar-refractivity contribution in [1.29, 1.82) is 5.26 Å². The van der Waals surface area contributed by atoms with E-state index in [0.717, 1.165) is 18.5 Å². The maximum atomic E-state index is 11.9. The Bertz CT molecular complexity index is 453. The van der Waals surface area contributed by atoms with Gasteiger partial charge in [0.05, 0.1) is 11.8 Å². The molecule has 0 spiro atoms. The van der Waals surface area contributed by atoms with Gasteiger partial charge in [0.15, 0.2) is 0 Å². The van der Waals surface area contributed by atoms with Crippen LogP contribution in [0.1, 0.15) is 29.0 Å². The Hall–Kier alpha value is -1.83. The number of aryl methyl sites for hydroxylation is 2. The second kappa shape index (κ2) is 3.97. The minimum atomic E-state index is -0.359. The van der Waals surface area contributed by atoms with Gasteiger partial charge in [-0.2, -0.15) is 10.4 Å². The van der Waals surface area contributed by atoms with Crippen molar-refractivity contribution in [1.82, 2.24) is 15.1 Å². The highest BCUT2D eigenvalue weighted by atomic mass is 16.2. The Morgan fingerprint density at radius 2 is 2.44 bits per heavy atom. The smallest absolute Gasteiger partial charge is 0.270 e. The fraction of sp³-hybridized carbons (Fsp3) is 0.545. The van der Waals surface area contributed by atoms with Gasteiger partial charge in [-0.1, -0.05) is 0 Å². The van der Waals surface area contributed by atoms with Crippen LogP contribution in [0.2, 0.25) is 0 Å². The molecule has 0 saturated heterocycles. The van der Waals surface area contributed by atoms with Gasteiger partial charge in [0.1, 0.15) is 11.7 Å². The Morgan fingerprint density at radius 3 is 2.88 bits per heavy atom. The molecule has 1 amide bonds. The van der Waals surface area contributed by atoms with E-state index < -0.39 is 0 Å². The predicted octanol–water partition coefficient (Wildman–Crippen LogP) is 0.760. The number of nitrogens with one attached hydrogen (secondary N) is 1. The summed E-state index contributed by atoms with van der Waals surface area (Å²) in [7, 11) is 1.72. The first-order valence-electron chi connectivity index (χ1n) is 5.33. The maximum Gasteiger partial charge on any atom is 0.270 e. The molecule has 1 aliphatic carbocycles. The summed E-state index contributed by atoms with van der Waals surface area (Å²) in [5.74, 6) is 0.116. The fourth-order valence-corrected chi connectivity index (χ4v) is 1.72. The zero-order valence-electron chi connectivity index (χ0n) is 9.40. The summed E-state index contributed by atoms with van der Waals surface area (Å²) < 4.78 is 1.53. The molecule has 5 nitrogen and oxygen atoms in total. The molecule has 1 N–H and O–H groups in total. The molecule has 16 heavy (non-hydrogen) atoms. The van der Waals surface area contributed by atoms with Gasteiger partial charge in [0, 0.05) is 7.05 Å². The van der Waals surface area contributed by atoms with E-state index >= 15 is 0 Å². The van der Waals surface area contributed by atoms with E-state index in [2.05, 4.69) is 16.5 Å². The first-order valence-corrected chi connectivity index (χ1v) is 5.33. The Labute approximate surface area is 94.1 Å². The quantitative estimate of drug-likeness (QED) is 0.814. The molecule has 0 bridgehead atoms. The summed E-state index contributed by atoms with van der Waals surface area (Å²) in [6.45, 7) is 1.83. The highest BCUT2D eigenvalue weighted by Gasteiger charge is 2.32. The van der Waals surface area contributed by atoms with E-state index in [-0.39, 0.29) is 11.9 Å². The summed E-state index contributed by atoms with van der Waals surface area (Å²) in [6, 6.07) is 3.49. The third-order valence-corrected chi connectivity index (χ3v) is 2.75. The third kappa shape index (κ3) is 2.06. The van der Waals surface area contributed by atoms with E-state index in [4.69, 9.17) is 5.26 Å². The molecular formula is C11H14N4O. The summed E-state index contributed by atoms with van der Waals surface area (Å²) in [6.07, 6.45) is 2.06. The van der Waals surface area contributed by atoms with Gasteiger partial charge in [-0.3, -0.25) is 9.48 Å². The van der Waals surface area contributed by atoms with Crippen LogP contribution in [-0.2, 0) is 7.05 Å². The molecular weight excluding hydrogens is 204 g/mol. The Balaban J connectivity index is 2.08. The second-order valence-corrected chi connectivity index (χ2v) is 4.21. The van der Waals surface area contributed by atoms with Crippen molar-refractivity contribution >= 4 is 5.91 Å². The SMILES string of the molecule is Cc1cc(C(=O)NC(C#N)C2CC2)n(C)n1. The van der Waals surface area contributed by atoms with Crippen molar-refractivity contribution in [2.45, 2.75) is 25.8 Å². The lowest BCUT2D eigenvalue weighted by Gasteiger charge is -2.09. The summed E-state index contributed by atoms with van der Waals surface area (Å²) in [5.41, 5.74) is 1.30. The summed E-state index contributed by atoms with van der Waals surface area (Å²) in [4.78, 5) is 11.9. The van der Waals surface area contributed by atoms with Crippen LogP contribution in [0.15, 0.2) is 6.07 Å². The van der Waals surface area contributed by atoms with Crippen LogP contribution in [0.25, 0.3) is 0 Å². The van der Waals surface area contributed by atoms with E-state index in [0.29, 0.717) is 11.6 Å². The van der Waals surface area contributed by atoms with Crippen molar-refractivity contribution in [3.05, 3.63) is 17.5 Å². The first-order chi connectivity index (χ1) is 7.61. The number of nitriles is 1. The lowest BCUT2D eigenvalue weighted by atomic mass is 10.2. The van der Waals surface area contributed by atoms with Crippen molar-refractivity contribution in [2.24, 2.45) is 13.0 Å². The molecule has 1 heterocycles. The fourth-order valence-electron chi connectivity index (χ4n) is 1.72. The summed E-state index contributed by atoms with van der Waals surface area (Å²) >= 11 is 0. The molecule has 1 unspecified atom stereocenters. The van der Waals surface area contributed by atoms with Gasteiger partial charge in [-0.05, 0) is 31.7 Å². The molecule has 1 saturated carbocycles. The number of nitrogens with zero attached hydrogens (tertiary/aromatic N) is 3. The molecule has 1 fully saturated rings. The van der Waals surface area contributed by atoms with Crippen LogP contribution in [0.4, 0.5) is 0 Å². The minimum Gasteiger partial charge on any atom is -0.335 e. The first kappa shape index (κ1) is 10.7. The number of carbonyl (C=O) groups excluding carboxylic acids is 1. The van der Waals surface area contributed by atoms with Crippen LogP contribution in [0, 0.1) is 24.2 Å². The average Bonchev–Trinajstić information content (AvgIpc) is 3.01. The minimum absolute atomic E-state index is 0.221. The van der Waals surface area contributed by atoms with Crippen molar-refractivity contribution in [3.8, 4) is 6.07 Å². The highest BCUT2D eigenvalue weighted by molar-refractivity contribution is 5.93. The lowest BCUT2D eigenvalue weighted by molar-refractivity contribution is 0.0932. The van der Waals surface area contributed by atoms with E-state index in [1.807, 2.05) is 6.92 Å². The van der Waals surface area contributed by atoms with Crippen LogP contribution >= 0.6 is 0 Å². The Morgan fingerprint density at radius 1 is 1.75 bits per heavy atom. The number of carbonyl (C=O) groups is 1. The number of amides is 1. The molecule has 1 aromatic heterocycles. The van der Waals surface area contributed by atoms with Gasteiger partial charge in [0.25, 0.3) is 5.91 Å². The third-order valence-electron chi connectivity index (χ3n) is 2.75. The highest BCUT2D eigenvalue weighted by Crippen LogP contribution is 2.32. The Kier molecular flexibility index (Phi) is 2.65. The number of rotatable bonds is 3. The number of hydrogen-bond acceptors (Lipinski definition) is 3. The topological polar surface area (TPSA) is 70.7 Å². The van der Waals surface area contributed by atoms with Crippen LogP contribution in [0.5, 0.6) is 0 Å². The molecule has 0 radical (unpaired) electrons. The van der Waals surface area contributed by atoms with Crippen LogP contribution < -0.4 is 5.32 Å². The molecule has 84 valence electrons. The molecule has 2 rings (SSSR count). The lowest BCUT2D eigenvalue weighted by Crippen LogP contribution is -2.36. The largest absolute Gasteiger partial charge is 0.335 e. The summed E-state index contributed by atoms with van der Waals surface area (Å²) in [5, 5.41) is 15.8. The molecule has 1 aliphatic rings. The van der Waals surface area contributed by atoms with E-state index in [1.165, 1.54) is 4.68 Å². The van der Waals surface area contributed by atoms with Crippen molar-refractivity contribution in [2.75, 3.05) is 0 Å². The van der Waals surface area contributed by atoms with Gasteiger partial charge in [0.2, 0.25) is 0 Å². The predicted molar refractivity (Wildman–Crippen MR) is 57.5 cm³/mol. The molecule has 1 atom stereocenters. The number of hydrogen-bond donors (Lipinski definition) is 1. The van der Waals surface area contributed by atoms with Gasteiger partial charge >= 0.3 is 0 Å². The van der Waals surface area contributed by atoms with Crippen LogP contribution in [0.3, 0.4) is 0 Å². The molecule has 0 aliphatic heterocycles. The number of aromatic nitrogens is 2. The van der Waals surface area contributed by atoms with Gasteiger partial charge in [-0.25, -0.2) is 0 Å². The second-order valence-electron chi connectivity index (χ2n) is 4.21. The zero-order chi connectivity index (χ0) is 11.7. The van der Waals surface area contributed by atoms with Crippen molar-refractivity contribution < 1.29 is 4.79 Å². The van der Waals surface area contributed by atoms with Gasteiger partial charge in [-0.15, -0.1) is 0 Å². The van der Waals surface area contributed by atoms with Crippen molar-refractivity contribution in [3.63, 3.8) is 0 Å². The normalized spacial score (nSPS) is 16.6. The van der Waals surface area contributed by atoms with Crippen LogP contribution in [-0.4, -0.2) is 21.7 Å². The van der Waals surface area contributed by atoms with Gasteiger partial charge < -0.3 is 5.32 Å². The van der Waals surface area contributed by atoms with E-state index in [9.17, 15) is 4.79 Å².